The summed E-state index contributed by atoms with van der Waals surface area (Å²) >= 11 is 0. The molecule has 2 aromatic carbocycles. The lowest BCUT2D eigenvalue weighted by Crippen LogP contribution is -1.97. The van der Waals surface area contributed by atoms with Crippen LogP contribution in [0.3, 0.4) is 0 Å². The van der Waals surface area contributed by atoms with Gasteiger partial charge < -0.3 is 18.3 Å². The van der Waals surface area contributed by atoms with Gasteiger partial charge in [-0.05, 0) is 47.5 Å². The van der Waals surface area contributed by atoms with Crippen LogP contribution < -0.4 is 9.47 Å². The third-order valence-corrected chi connectivity index (χ3v) is 4.91. The van der Waals surface area contributed by atoms with Crippen molar-refractivity contribution in [1.29, 1.82) is 0 Å². The number of carbonyl (C=O) groups is 1. The van der Waals surface area contributed by atoms with Crippen molar-refractivity contribution in [1.82, 2.24) is 0 Å². The van der Waals surface area contributed by atoms with Crippen LogP contribution in [0.1, 0.15) is 38.6 Å². The Morgan fingerprint density at radius 1 is 0.700 bits per heavy atom. The Bertz CT molecular complexity index is 1030. The molecule has 5 nitrogen and oxygen atoms in total. The van der Waals surface area contributed by atoms with Gasteiger partial charge in [0, 0.05) is 12.8 Å². The normalized spacial score (nSPS) is 10.7. The van der Waals surface area contributed by atoms with E-state index in [1.807, 2.05) is 48.5 Å². The van der Waals surface area contributed by atoms with Crippen molar-refractivity contribution in [3.8, 4) is 11.5 Å². The van der Waals surface area contributed by atoms with E-state index in [1.165, 1.54) is 12.5 Å². The second-order valence-electron chi connectivity index (χ2n) is 6.98. The molecular weight excluding hydrogens is 380 g/mol. The van der Waals surface area contributed by atoms with Crippen LogP contribution in [0.2, 0.25) is 0 Å². The van der Waals surface area contributed by atoms with E-state index in [1.54, 1.807) is 26.4 Å². The molecule has 0 aliphatic rings. The molecular formula is C25H22O5. The summed E-state index contributed by atoms with van der Waals surface area (Å²) in [6.45, 7) is 0. The molecule has 0 fully saturated rings. The molecule has 152 valence electrons. The van der Waals surface area contributed by atoms with Crippen molar-refractivity contribution in [2.75, 3.05) is 14.2 Å². The van der Waals surface area contributed by atoms with E-state index < -0.39 is 0 Å². The maximum atomic E-state index is 12.8. The second-order valence-corrected chi connectivity index (χ2v) is 6.98. The van der Waals surface area contributed by atoms with Crippen LogP contribution >= 0.6 is 0 Å². The van der Waals surface area contributed by atoms with Gasteiger partial charge in [-0.1, -0.05) is 24.3 Å². The molecule has 0 saturated heterocycles. The van der Waals surface area contributed by atoms with E-state index >= 15 is 0 Å². The van der Waals surface area contributed by atoms with Crippen LogP contribution in [0.25, 0.3) is 0 Å². The van der Waals surface area contributed by atoms with Crippen LogP contribution in [0.5, 0.6) is 11.5 Å². The number of ether oxygens (including phenoxy) is 2. The quantitative estimate of drug-likeness (QED) is 0.374. The number of hydrogen-bond acceptors (Lipinski definition) is 5. The molecule has 0 atom stereocenters. The van der Waals surface area contributed by atoms with Crippen molar-refractivity contribution < 1.29 is 23.1 Å². The average Bonchev–Trinajstić information content (AvgIpc) is 3.44. The fourth-order valence-electron chi connectivity index (χ4n) is 3.24. The summed E-state index contributed by atoms with van der Waals surface area (Å²) in [6.07, 6.45) is 4.20. The number of benzene rings is 2. The largest absolute Gasteiger partial charge is 0.497 e. The smallest absolute Gasteiger partial charge is 0.199 e. The summed E-state index contributed by atoms with van der Waals surface area (Å²) in [4.78, 5) is 12.8. The molecule has 0 bridgehead atoms. The fourth-order valence-corrected chi connectivity index (χ4v) is 3.24. The first-order chi connectivity index (χ1) is 14.6. The predicted octanol–water partition coefficient (Wildman–Crippen LogP) is 5.30. The van der Waals surface area contributed by atoms with Crippen molar-refractivity contribution in [3.63, 3.8) is 0 Å². The highest BCUT2D eigenvalue weighted by atomic mass is 16.5. The molecule has 2 heterocycles. The summed E-state index contributed by atoms with van der Waals surface area (Å²) in [6, 6.07) is 19.1. The summed E-state index contributed by atoms with van der Waals surface area (Å²) in [5, 5.41) is 0. The van der Waals surface area contributed by atoms with Crippen molar-refractivity contribution >= 4 is 5.78 Å². The van der Waals surface area contributed by atoms with Gasteiger partial charge in [0.15, 0.2) is 5.78 Å². The molecule has 0 spiro atoms. The lowest BCUT2D eigenvalue weighted by atomic mass is 10.1. The van der Waals surface area contributed by atoms with E-state index in [4.69, 9.17) is 18.3 Å². The Labute approximate surface area is 174 Å². The molecule has 2 aromatic heterocycles. The fraction of sp³-hybridized carbons (Fsp3) is 0.160. The highest BCUT2D eigenvalue weighted by Crippen LogP contribution is 2.21. The SMILES string of the molecule is COc1ccc(Cc2cc(C(=O)c3coc(Cc4ccc(OC)cc4)c3)co2)cc1. The Morgan fingerprint density at radius 3 is 1.47 bits per heavy atom. The molecule has 4 aromatic rings. The minimum atomic E-state index is -0.121. The second kappa shape index (κ2) is 8.74. The van der Waals surface area contributed by atoms with Crippen molar-refractivity contribution in [3.05, 3.63) is 107 Å². The number of hydrogen-bond donors (Lipinski definition) is 0. The molecule has 0 unspecified atom stereocenters. The molecule has 0 radical (unpaired) electrons. The zero-order valence-corrected chi connectivity index (χ0v) is 16.9. The van der Waals surface area contributed by atoms with E-state index in [-0.39, 0.29) is 5.78 Å². The number of rotatable bonds is 8. The lowest BCUT2D eigenvalue weighted by Gasteiger charge is -2.01. The van der Waals surface area contributed by atoms with Gasteiger partial charge in [-0.25, -0.2) is 0 Å². The van der Waals surface area contributed by atoms with E-state index in [9.17, 15) is 4.79 Å². The van der Waals surface area contributed by atoms with Gasteiger partial charge in [0.1, 0.15) is 35.5 Å². The maximum Gasteiger partial charge on any atom is 0.199 e. The summed E-state index contributed by atoms with van der Waals surface area (Å²) in [5.41, 5.74) is 3.18. The Kier molecular flexibility index (Phi) is 5.70. The van der Waals surface area contributed by atoms with Gasteiger partial charge in [-0.3, -0.25) is 4.79 Å². The van der Waals surface area contributed by atoms with Gasteiger partial charge in [-0.15, -0.1) is 0 Å². The molecule has 4 rings (SSSR count). The molecule has 0 aliphatic carbocycles. The summed E-state index contributed by atoms with van der Waals surface area (Å²) in [7, 11) is 3.27. The maximum absolute atomic E-state index is 12.8. The monoisotopic (exact) mass is 402 g/mol. The van der Waals surface area contributed by atoms with Crippen LogP contribution in [-0.4, -0.2) is 20.0 Å². The zero-order valence-electron chi connectivity index (χ0n) is 16.9. The third-order valence-electron chi connectivity index (χ3n) is 4.91. The topological polar surface area (TPSA) is 61.8 Å². The van der Waals surface area contributed by atoms with Crippen LogP contribution in [0, 0.1) is 0 Å². The first kappa shape index (κ1) is 19.6. The number of methoxy groups -OCH3 is 2. The molecule has 0 saturated carbocycles. The van der Waals surface area contributed by atoms with Gasteiger partial charge in [-0.2, -0.15) is 0 Å². The average molecular weight is 402 g/mol. The van der Waals surface area contributed by atoms with E-state index in [0.717, 1.165) is 34.1 Å². The first-order valence-electron chi connectivity index (χ1n) is 9.60. The van der Waals surface area contributed by atoms with E-state index in [0.29, 0.717) is 24.0 Å². The van der Waals surface area contributed by atoms with E-state index in [2.05, 4.69) is 0 Å². The molecule has 0 aliphatic heterocycles. The van der Waals surface area contributed by atoms with Crippen molar-refractivity contribution in [2.45, 2.75) is 12.8 Å². The van der Waals surface area contributed by atoms with Crippen LogP contribution in [-0.2, 0) is 12.8 Å². The molecule has 5 heteroatoms. The Morgan fingerprint density at radius 2 is 1.10 bits per heavy atom. The van der Waals surface area contributed by atoms with Gasteiger partial charge in [0.25, 0.3) is 0 Å². The first-order valence-corrected chi connectivity index (χ1v) is 9.60. The minimum absolute atomic E-state index is 0.121. The predicted molar refractivity (Wildman–Crippen MR) is 112 cm³/mol. The zero-order chi connectivity index (χ0) is 20.9. The summed E-state index contributed by atoms with van der Waals surface area (Å²) < 4.78 is 21.5. The molecule has 30 heavy (non-hydrogen) atoms. The molecule has 0 N–H and O–H groups in total. The van der Waals surface area contributed by atoms with Crippen molar-refractivity contribution in [2.24, 2.45) is 0 Å². The van der Waals surface area contributed by atoms with Gasteiger partial charge in [0.2, 0.25) is 0 Å². The van der Waals surface area contributed by atoms with Crippen LogP contribution in [0.4, 0.5) is 0 Å². The highest BCUT2D eigenvalue weighted by Gasteiger charge is 2.16. The molecule has 0 amide bonds. The Hall–Kier alpha value is -3.73. The van der Waals surface area contributed by atoms with Gasteiger partial charge in [0.05, 0.1) is 25.3 Å². The third kappa shape index (κ3) is 4.46. The lowest BCUT2D eigenvalue weighted by molar-refractivity contribution is 0.103. The number of ketones is 1. The Balaban J connectivity index is 1.42. The minimum Gasteiger partial charge on any atom is -0.497 e. The summed E-state index contributed by atoms with van der Waals surface area (Å²) in [5.74, 6) is 2.94. The standard InChI is InChI=1S/C25H22O5/c1-27-21-7-3-17(4-8-21)11-23-13-19(15-29-23)25(26)20-14-24(30-16-20)12-18-5-9-22(28-2)10-6-18/h3-10,13-16H,11-12H2,1-2H3. The number of carbonyl (C=O) groups excluding carboxylic acids is 1. The van der Waals surface area contributed by atoms with Gasteiger partial charge >= 0.3 is 0 Å². The number of furan rings is 2. The highest BCUT2D eigenvalue weighted by molar-refractivity contribution is 6.08. The van der Waals surface area contributed by atoms with Crippen LogP contribution in [0.15, 0.2) is 82.0 Å².